The summed E-state index contributed by atoms with van der Waals surface area (Å²) in [6, 6.07) is 6.58. The van der Waals surface area contributed by atoms with Gasteiger partial charge in [0.15, 0.2) is 0 Å². The topological polar surface area (TPSA) is 76.2 Å². The number of carbonyl (C=O) groups is 1. The molecule has 3 aliphatic rings. The highest BCUT2D eigenvalue weighted by molar-refractivity contribution is 7.89. The van der Waals surface area contributed by atoms with Crippen molar-refractivity contribution < 1.29 is 22.7 Å². The number of sulfonamides is 1. The minimum Gasteiger partial charge on any atom is -0.487 e. The molecule has 2 saturated heterocycles. The molecule has 160 valence electrons. The van der Waals surface area contributed by atoms with Crippen LogP contribution >= 0.6 is 0 Å². The number of fused-ring (bicyclic) bond motifs is 2. The summed E-state index contributed by atoms with van der Waals surface area (Å²) in [5, 5.41) is 0. The van der Waals surface area contributed by atoms with Crippen LogP contribution in [0.15, 0.2) is 29.2 Å². The standard InChI is InChI=1S/C21H30N2O5S/c1-15(2)14-23-16-9-11-22(21(24)19-7-5-13-27-19)12-10-17(16)28-18-6-3-4-8-20(18)29(23,25)26/h3-4,6,8,15-17,19H,5,7,9-14H2,1-2H3/t16-,17-,19+/m1/s1. The number of likely N-dealkylation sites (tertiary alicyclic amines) is 1. The largest absolute Gasteiger partial charge is 0.487 e. The summed E-state index contributed by atoms with van der Waals surface area (Å²) in [6.45, 7) is 6.18. The van der Waals surface area contributed by atoms with E-state index in [1.165, 1.54) is 0 Å². The quantitative estimate of drug-likeness (QED) is 0.747. The summed E-state index contributed by atoms with van der Waals surface area (Å²) in [5.74, 6) is 0.619. The molecule has 1 amide bonds. The van der Waals surface area contributed by atoms with Crippen molar-refractivity contribution in [2.24, 2.45) is 5.92 Å². The van der Waals surface area contributed by atoms with Gasteiger partial charge in [0.1, 0.15) is 22.9 Å². The number of carbonyl (C=O) groups excluding carboxylic acids is 1. The molecule has 29 heavy (non-hydrogen) atoms. The molecule has 1 aromatic rings. The van der Waals surface area contributed by atoms with Crippen LogP contribution < -0.4 is 4.74 Å². The van der Waals surface area contributed by atoms with Crippen LogP contribution in [0.25, 0.3) is 0 Å². The van der Waals surface area contributed by atoms with E-state index in [-0.39, 0.29) is 35.0 Å². The molecule has 3 aliphatic heterocycles. The van der Waals surface area contributed by atoms with E-state index in [0.717, 1.165) is 12.8 Å². The van der Waals surface area contributed by atoms with E-state index in [0.29, 0.717) is 44.8 Å². The van der Waals surface area contributed by atoms with Crippen LogP contribution in [0, 0.1) is 5.92 Å². The zero-order chi connectivity index (χ0) is 20.6. The minimum absolute atomic E-state index is 0.0256. The predicted octanol–water partition coefficient (Wildman–Crippen LogP) is 2.26. The number of nitrogens with zero attached hydrogens (tertiary/aromatic N) is 2. The molecule has 0 N–H and O–H groups in total. The molecular formula is C21H30N2O5S. The van der Waals surface area contributed by atoms with Crippen LogP contribution in [0.5, 0.6) is 5.75 Å². The van der Waals surface area contributed by atoms with E-state index in [1.807, 2.05) is 18.7 Å². The highest BCUT2D eigenvalue weighted by Gasteiger charge is 2.44. The number of rotatable bonds is 3. The first kappa shape index (κ1) is 20.6. The predicted molar refractivity (Wildman–Crippen MR) is 108 cm³/mol. The molecule has 0 aliphatic carbocycles. The maximum absolute atomic E-state index is 13.5. The lowest BCUT2D eigenvalue weighted by Crippen LogP contribution is -2.48. The third kappa shape index (κ3) is 4.02. The number of ether oxygens (including phenoxy) is 2. The van der Waals surface area contributed by atoms with E-state index in [2.05, 4.69) is 0 Å². The van der Waals surface area contributed by atoms with Crippen molar-refractivity contribution in [2.75, 3.05) is 26.2 Å². The molecule has 0 spiro atoms. The average molecular weight is 423 g/mol. The molecule has 0 saturated carbocycles. The van der Waals surface area contributed by atoms with Crippen molar-refractivity contribution in [3.8, 4) is 5.75 Å². The molecule has 0 aromatic heterocycles. The van der Waals surface area contributed by atoms with Gasteiger partial charge in [0, 0.05) is 32.7 Å². The second-order valence-corrected chi connectivity index (χ2v) is 10.4. The van der Waals surface area contributed by atoms with E-state index >= 15 is 0 Å². The summed E-state index contributed by atoms with van der Waals surface area (Å²) < 4.78 is 40.4. The van der Waals surface area contributed by atoms with Gasteiger partial charge in [-0.2, -0.15) is 4.31 Å². The normalized spacial score (nSPS) is 29.5. The number of benzene rings is 1. The van der Waals surface area contributed by atoms with Crippen LogP contribution in [0.4, 0.5) is 0 Å². The van der Waals surface area contributed by atoms with Crippen LogP contribution in [0.1, 0.15) is 39.5 Å². The van der Waals surface area contributed by atoms with Gasteiger partial charge < -0.3 is 14.4 Å². The molecule has 4 rings (SSSR count). The average Bonchev–Trinajstić information content (AvgIpc) is 3.12. The SMILES string of the molecule is CC(C)CN1[C@@H]2CCN(C(=O)[C@@H]3CCCO3)CC[C@H]2Oc2ccccc2S1(=O)=O. The van der Waals surface area contributed by atoms with Crippen molar-refractivity contribution in [2.45, 2.75) is 62.7 Å². The van der Waals surface area contributed by atoms with Gasteiger partial charge in [-0.25, -0.2) is 8.42 Å². The zero-order valence-corrected chi connectivity index (χ0v) is 17.9. The highest BCUT2D eigenvalue weighted by atomic mass is 32.2. The van der Waals surface area contributed by atoms with Gasteiger partial charge in [-0.3, -0.25) is 4.79 Å². The van der Waals surface area contributed by atoms with E-state index < -0.39 is 10.0 Å². The van der Waals surface area contributed by atoms with Crippen LogP contribution in [-0.4, -0.2) is 68.0 Å². The van der Waals surface area contributed by atoms with E-state index in [9.17, 15) is 13.2 Å². The summed E-state index contributed by atoms with van der Waals surface area (Å²) in [5.41, 5.74) is 0. The maximum atomic E-state index is 13.5. The fourth-order valence-corrected chi connectivity index (χ4v) is 6.51. The molecule has 0 bridgehead atoms. The van der Waals surface area contributed by atoms with Crippen molar-refractivity contribution in [1.82, 2.24) is 9.21 Å². The van der Waals surface area contributed by atoms with E-state index in [1.54, 1.807) is 28.6 Å². The Morgan fingerprint density at radius 3 is 2.66 bits per heavy atom. The summed E-state index contributed by atoms with van der Waals surface area (Å²) in [6.07, 6.45) is 2.20. The first-order valence-electron chi connectivity index (χ1n) is 10.6. The van der Waals surface area contributed by atoms with Gasteiger partial charge in [-0.05, 0) is 37.3 Å². The van der Waals surface area contributed by atoms with Gasteiger partial charge in [-0.1, -0.05) is 26.0 Å². The fraction of sp³-hybridized carbons (Fsp3) is 0.667. The monoisotopic (exact) mass is 422 g/mol. The van der Waals surface area contributed by atoms with Gasteiger partial charge in [-0.15, -0.1) is 0 Å². The fourth-order valence-electron chi connectivity index (χ4n) is 4.55. The lowest BCUT2D eigenvalue weighted by molar-refractivity contribution is -0.140. The molecule has 2 fully saturated rings. The van der Waals surface area contributed by atoms with Crippen LogP contribution in [0.3, 0.4) is 0 Å². The lowest BCUT2D eigenvalue weighted by Gasteiger charge is -2.32. The van der Waals surface area contributed by atoms with Crippen molar-refractivity contribution in [1.29, 1.82) is 0 Å². The Morgan fingerprint density at radius 1 is 1.17 bits per heavy atom. The van der Waals surface area contributed by atoms with Crippen molar-refractivity contribution in [3.63, 3.8) is 0 Å². The number of amides is 1. The van der Waals surface area contributed by atoms with Gasteiger partial charge >= 0.3 is 0 Å². The molecule has 3 heterocycles. The second kappa shape index (κ2) is 8.24. The molecular weight excluding hydrogens is 392 g/mol. The molecule has 0 radical (unpaired) electrons. The smallest absolute Gasteiger partial charge is 0.251 e. The lowest BCUT2D eigenvalue weighted by atomic mass is 10.0. The van der Waals surface area contributed by atoms with Gasteiger partial charge in [0.2, 0.25) is 10.0 Å². The Hall–Kier alpha value is -1.64. The Balaban J connectivity index is 1.64. The van der Waals surface area contributed by atoms with Gasteiger partial charge in [0.25, 0.3) is 5.91 Å². The van der Waals surface area contributed by atoms with Crippen molar-refractivity contribution in [3.05, 3.63) is 24.3 Å². The highest BCUT2D eigenvalue weighted by Crippen LogP contribution is 2.37. The van der Waals surface area contributed by atoms with E-state index in [4.69, 9.17) is 9.47 Å². The zero-order valence-electron chi connectivity index (χ0n) is 17.1. The van der Waals surface area contributed by atoms with Crippen LogP contribution in [-0.2, 0) is 19.6 Å². The minimum atomic E-state index is -3.67. The third-order valence-corrected chi connectivity index (χ3v) is 7.88. The molecule has 1 aromatic carbocycles. The Kier molecular flexibility index (Phi) is 5.86. The van der Waals surface area contributed by atoms with Gasteiger partial charge in [0.05, 0.1) is 6.04 Å². The first-order chi connectivity index (χ1) is 13.9. The van der Waals surface area contributed by atoms with Crippen LogP contribution in [0.2, 0.25) is 0 Å². The Labute approximate surface area is 173 Å². The van der Waals surface area contributed by atoms with Crippen molar-refractivity contribution >= 4 is 15.9 Å². The third-order valence-electron chi connectivity index (χ3n) is 5.95. The first-order valence-corrected chi connectivity index (χ1v) is 12.0. The molecule has 7 nitrogen and oxygen atoms in total. The second-order valence-electron chi connectivity index (χ2n) is 8.54. The summed E-state index contributed by atoms with van der Waals surface area (Å²) in [4.78, 5) is 14.9. The maximum Gasteiger partial charge on any atom is 0.251 e. The summed E-state index contributed by atoms with van der Waals surface area (Å²) >= 11 is 0. The Bertz CT molecular complexity index is 850. The molecule has 8 heteroatoms. The number of para-hydroxylation sites is 1. The Morgan fingerprint density at radius 2 is 1.93 bits per heavy atom. The summed E-state index contributed by atoms with van der Waals surface area (Å²) in [7, 11) is -3.67. The number of hydrogen-bond donors (Lipinski definition) is 0. The molecule has 0 unspecified atom stereocenters. The number of hydrogen-bond acceptors (Lipinski definition) is 5. The molecule has 3 atom stereocenters.